The van der Waals surface area contributed by atoms with Crippen LogP contribution in [0.25, 0.3) is 0 Å². The first kappa shape index (κ1) is 13.4. The van der Waals surface area contributed by atoms with Crippen LogP contribution in [0.15, 0.2) is 12.1 Å². The molecule has 1 N–H and O–H groups in total. The number of ether oxygens (including phenoxy) is 1. The monoisotopic (exact) mass is 245 g/mol. The smallest absolute Gasteiger partial charge is 0.335 e. The first-order chi connectivity index (χ1) is 7.97. The number of benzene rings is 1. The Morgan fingerprint density at radius 2 is 1.94 bits per heavy atom. The number of anilines is 1. The zero-order valence-electron chi connectivity index (χ0n) is 9.54. The fraction of sp³-hybridized carbons (Fsp3) is 0.364. The van der Waals surface area contributed by atoms with Gasteiger partial charge < -0.3 is 14.7 Å². The van der Waals surface area contributed by atoms with Gasteiger partial charge in [-0.1, -0.05) is 0 Å². The largest absolute Gasteiger partial charge is 0.478 e. The third-order valence-corrected chi connectivity index (χ3v) is 2.28. The average molecular weight is 245 g/mol. The number of halogens is 2. The topological polar surface area (TPSA) is 49.8 Å². The maximum atomic E-state index is 13.6. The van der Waals surface area contributed by atoms with Gasteiger partial charge in [0.1, 0.15) is 17.3 Å². The second kappa shape index (κ2) is 5.58. The van der Waals surface area contributed by atoms with E-state index in [1.165, 1.54) is 19.1 Å². The van der Waals surface area contributed by atoms with Gasteiger partial charge in [0.05, 0.1) is 12.2 Å². The lowest BCUT2D eigenvalue weighted by molar-refractivity contribution is 0.0695. The summed E-state index contributed by atoms with van der Waals surface area (Å²) in [5.41, 5.74) is -0.670. The first-order valence-corrected chi connectivity index (χ1v) is 4.89. The van der Waals surface area contributed by atoms with Gasteiger partial charge in [-0.25, -0.2) is 13.6 Å². The standard InChI is InChI=1S/C11H13F2NO3/c1-14(3-4-17-2)10-8(12)5-7(11(15)16)6-9(10)13/h5-6H,3-4H2,1-2H3,(H,15,16). The Labute approximate surface area is 97.4 Å². The summed E-state index contributed by atoms with van der Waals surface area (Å²) in [7, 11) is 2.98. The zero-order chi connectivity index (χ0) is 13.0. The van der Waals surface area contributed by atoms with Crippen LogP contribution >= 0.6 is 0 Å². The summed E-state index contributed by atoms with van der Waals surface area (Å²) in [6.07, 6.45) is 0. The molecular formula is C11H13F2NO3. The van der Waals surface area contributed by atoms with Crippen LogP contribution < -0.4 is 4.90 Å². The quantitative estimate of drug-likeness (QED) is 0.858. The molecule has 0 saturated heterocycles. The number of hydrogen-bond acceptors (Lipinski definition) is 3. The number of carboxylic acid groups (broad SMARTS) is 1. The normalized spacial score (nSPS) is 10.4. The molecule has 17 heavy (non-hydrogen) atoms. The van der Waals surface area contributed by atoms with Gasteiger partial charge in [0, 0.05) is 20.7 Å². The van der Waals surface area contributed by atoms with Crippen LogP contribution in [-0.2, 0) is 4.74 Å². The molecule has 0 aliphatic heterocycles. The van der Waals surface area contributed by atoms with Crippen molar-refractivity contribution in [2.75, 3.05) is 32.2 Å². The Morgan fingerprint density at radius 1 is 1.41 bits per heavy atom. The minimum atomic E-state index is -1.37. The molecular weight excluding hydrogens is 232 g/mol. The maximum Gasteiger partial charge on any atom is 0.335 e. The van der Waals surface area contributed by atoms with Crippen molar-refractivity contribution in [3.05, 3.63) is 29.3 Å². The Balaban J connectivity index is 3.04. The van der Waals surface area contributed by atoms with Gasteiger partial charge >= 0.3 is 5.97 Å². The molecule has 0 amide bonds. The van der Waals surface area contributed by atoms with Gasteiger partial charge in [-0.3, -0.25) is 0 Å². The van der Waals surface area contributed by atoms with Gasteiger partial charge in [-0.2, -0.15) is 0 Å². The molecule has 4 nitrogen and oxygen atoms in total. The van der Waals surface area contributed by atoms with Crippen LogP contribution in [0.4, 0.5) is 14.5 Å². The van der Waals surface area contributed by atoms with Crippen molar-refractivity contribution >= 4 is 11.7 Å². The van der Waals surface area contributed by atoms with Gasteiger partial charge in [0.2, 0.25) is 0 Å². The van der Waals surface area contributed by atoms with E-state index in [2.05, 4.69) is 0 Å². The molecule has 0 spiro atoms. The van der Waals surface area contributed by atoms with Crippen LogP contribution in [0.3, 0.4) is 0 Å². The number of rotatable bonds is 5. The fourth-order valence-electron chi connectivity index (χ4n) is 1.39. The molecule has 0 saturated carbocycles. The van der Waals surface area contributed by atoms with E-state index in [0.29, 0.717) is 13.2 Å². The molecule has 0 radical (unpaired) electrons. The number of methoxy groups -OCH3 is 1. The van der Waals surface area contributed by atoms with E-state index in [1.807, 2.05) is 0 Å². The molecule has 0 bridgehead atoms. The van der Waals surface area contributed by atoms with Crippen LogP contribution in [-0.4, -0.2) is 38.4 Å². The number of aromatic carboxylic acids is 1. The summed E-state index contributed by atoms with van der Waals surface area (Å²) in [6, 6.07) is 1.59. The Hall–Kier alpha value is -1.69. The number of likely N-dealkylation sites (N-methyl/N-ethyl adjacent to an activating group) is 1. The van der Waals surface area contributed by atoms with Crippen molar-refractivity contribution in [2.24, 2.45) is 0 Å². The molecule has 0 heterocycles. The lowest BCUT2D eigenvalue weighted by Gasteiger charge is -2.20. The zero-order valence-corrected chi connectivity index (χ0v) is 9.54. The lowest BCUT2D eigenvalue weighted by Crippen LogP contribution is -2.24. The predicted molar refractivity (Wildman–Crippen MR) is 58.5 cm³/mol. The maximum absolute atomic E-state index is 13.6. The van der Waals surface area contributed by atoms with Crippen LogP contribution in [0.1, 0.15) is 10.4 Å². The van der Waals surface area contributed by atoms with E-state index in [1.54, 1.807) is 0 Å². The highest BCUT2D eigenvalue weighted by molar-refractivity contribution is 5.88. The van der Waals surface area contributed by atoms with E-state index < -0.39 is 23.2 Å². The Morgan fingerprint density at radius 3 is 2.35 bits per heavy atom. The van der Waals surface area contributed by atoms with E-state index in [4.69, 9.17) is 9.84 Å². The van der Waals surface area contributed by atoms with Crippen LogP contribution in [0.2, 0.25) is 0 Å². The van der Waals surface area contributed by atoms with Crippen LogP contribution in [0, 0.1) is 11.6 Å². The summed E-state index contributed by atoms with van der Waals surface area (Å²) in [4.78, 5) is 11.9. The molecule has 94 valence electrons. The van der Waals surface area contributed by atoms with E-state index in [0.717, 1.165) is 12.1 Å². The van der Waals surface area contributed by atoms with E-state index >= 15 is 0 Å². The molecule has 0 aliphatic carbocycles. The molecule has 1 aromatic carbocycles. The number of hydrogen-bond donors (Lipinski definition) is 1. The average Bonchev–Trinajstić information content (AvgIpc) is 2.25. The summed E-state index contributed by atoms with van der Waals surface area (Å²) < 4.78 is 31.9. The third kappa shape index (κ3) is 3.13. The molecule has 1 aromatic rings. The predicted octanol–water partition coefficient (Wildman–Crippen LogP) is 1.75. The van der Waals surface area contributed by atoms with E-state index in [9.17, 15) is 13.6 Å². The highest BCUT2D eigenvalue weighted by Gasteiger charge is 2.17. The molecule has 0 aliphatic rings. The number of nitrogens with zero attached hydrogens (tertiary/aromatic N) is 1. The molecule has 0 fully saturated rings. The van der Waals surface area contributed by atoms with E-state index in [-0.39, 0.29) is 5.69 Å². The minimum absolute atomic E-state index is 0.257. The van der Waals surface area contributed by atoms with Crippen molar-refractivity contribution < 1.29 is 23.4 Å². The molecule has 0 unspecified atom stereocenters. The van der Waals surface area contributed by atoms with Gasteiger partial charge in [-0.15, -0.1) is 0 Å². The Kier molecular flexibility index (Phi) is 4.39. The van der Waals surface area contributed by atoms with Crippen LogP contribution in [0.5, 0.6) is 0 Å². The second-order valence-electron chi connectivity index (χ2n) is 3.51. The highest BCUT2D eigenvalue weighted by Crippen LogP contribution is 2.23. The molecule has 1 rings (SSSR count). The second-order valence-corrected chi connectivity index (χ2v) is 3.51. The minimum Gasteiger partial charge on any atom is -0.478 e. The number of carboxylic acids is 1. The summed E-state index contributed by atoms with van der Waals surface area (Å²) in [6.45, 7) is 0.618. The van der Waals surface area contributed by atoms with Gasteiger partial charge in [0.25, 0.3) is 0 Å². The molecule has 0 aromatic heterocycles. The van der Waals surface area contributed by atoms with Crippen molar-refractivity contribution in [3.63, 3.8) is 0 Å². The van der Waals surface area contributed by atoms with Crippen molar-refractivity contribution in [2.45, 2.75) is 0 Å². The molecule has 6 heteroatoms. The third-order valence-electron chi connectivity index (χ3n) is 2.28. The SMILES string of the molecule is COCCN(C)c1c(F)cc(C(=O)O)cc1F. The van der Waals surface area contributed by atoms with Crippen molar-refractivity contribution in [3.8, 4) is 0 Å². The lowest BCUT2D eigenvalue weighted by atomic mass is 10.1. The van der Waals surface area contributed by atoms with Crippen molar-refractivity contribution in [1.82, 2.24) is 0 Å². The van der Waals surface area contributed by atoms with Gasteiger partial charge in [-0.05, 0) is 12.1 Å². The Bertz CT molecular complexity index is 400. The fourth-order valence-corrected chi connectivity index (χ4v) is 1.39. The first-order valence-electron chi connectivity index (χ1n) is 4.89. The van der Waals surface area contributed by atoms with Gasteiger partial charge in [0.15, 0.2) is 0 Å². The summed E-state index contributed by atoms with van der Waals surface area (Å²) in [5.74, 6) is -3.17. The van der Waals surface area contributed by atoms with Crippen molar-refractivity contribution in [1.29, 1.82) is 0 Å². The summed E-state index contributed by atoms with van der Waals surface area (Å²) >= 11 is 0. The molecule has 0 atom stereocenters. The number of carbonyl (C=O) groups is 1. The summed E-state index contributed by atoms with van der Waals surface area (Å²) in [5, 5.41) is 8.64. The highest BCUT2D eigenvalue weighted by atomic mass is 19.1.